The molecule has 0 atom stereocenters. The van der Waals surface area contributed by atoms with E-state index in [0.29, 0.717) is 0 Å². The molecule has 0 bridgehead atoms. The number of benzene rings is 2. The van der Waals surface area contributed by atoms with Crippen molar-refractivity contribution in [2.45, 2.75) is 19.3 Å². The highest BCUT2D eigenvalue weighted by Crippen LogP contribution is 2.39. The predicted molar refractivity (Wildman–Crippen MR) is 105 cm³/mol. The van der Waals surface area contributed by atoms with Crippen molar-refractivity contribution in [1.82, 2.24) is 0 Å². The average Bonchev–Trinajstić information content (AvgIpc) is 3.27. The second-order valence-corrected chi connectivity index (χ2v) is 8.00. The van der Waals surface area contributed by atoms with Gasteiger partial charge in [0, 0.05) is 34.3 Å². The molecule has 1 fully saturated rings. The van der Waals surface area contributed by atoms with Crippen molar-refractivity contribution in [1.29, 1.82) is 0 Å². The molecule has 0 radical (unpaired) electrons. The number of nitrogens with zero attached hydrogens (tertiary/aromatic N) is 1. The summed E-state index contributed by atoms with van der Waals surface area (Å²) in [5, 5.41) is 0.756. The summed E-state index contributed by atoms with van der Waals surface area (Å²) in [4.78, 5) is 5.09. The highest BCUT2D eigenvalue weighted by atomic mass is 35.5. The number of hydrogen-bond donors (Lipinski definition) is 0. The first kappa shape index (κ1) is 16.6. The third-order valence-electron chi connectivity index (χ3n) is 4.64. The minimum absolute atomic E-state index is 0.184. The summed E-state index contributed by atoms with van der Waals surface area (Å²) >= 11 is 7.85. The first-order valence-corrected chi connectivity index (χ1v) is 9.76. The monoisotopic (exact) mass is 371 g/mol. The maximum atomic E-state index is 13.2. The van der Waals surface area contributed by atoms with Crippen LogP contribution in [0.5, 0.6) is 0 Å². The van der Waals surface area contributed by atoms with Gasteiger partial charge in [-0.2, -0.15) is 0 Å². The number of anilines is 1. The Kier molecular flexibility index (Phi) is 4.78. The Morgan fingerprint density at radius 1 is 0.960 bits per heavy atom. The lowest BCUT2D eigenvalue weighted by atomic mass is 10.1. The van der Waals surface area contributed by atoms with Crippen molar-refractivity contribution in [3.8, 4) is 10.4 Å². The summed E-state index contributed by atoms with van der Waals surface area (Å²) in [5.74, 6) is -0.184. The molecule has 0 spiro atoms. The van der Waals surface area contributed by atoms with Crippen LogP contribution in [-0.2, 0) is 6.42 Å². The fourth-order valence-corrected chi connectivity index (χ4v) is 4.66. The van der Waals surface area contributed by atoms with Gasteiger partial charge in [-0.1, -0.05) is 35.9 Å². The van der Waals surface area contributed by atoms with Crippen LogP contribution in [0.25, 0.3) is 10.4 Å². The number of rotatable bonds is 4. The first-order chi connectivity index (χ1) is 12.2. The summed E-state index contributed by atoms with van der Waals surface area (Å²) < 4.78 is 13.2. The van der Waals surface area contributed by atoms with Crippen molar-refractivity contribution >= 4 is 28.6 Å². The van der Waals surface area contributed by atoms with E-state index in [1.165, 1.54) is 33.8 Å². The third kappa shape index (κ3) is 3.73. The molecule has 4 rings (SSSR count). The van der Waals surface area contributed by atoms with Crippen LogP contribution in [0, 0.1) is 5.82 Å². The summed E-state index contributed by atoms with van der Waals surface area (Å²) in [6.45, 7) is 2.24. The standard InChI is InChI=1S/C21H19ClFNS/c22-17-7-5-16(6-8-17)20-14-19(24-11-1-2-12-24)21(25-20)13-15-3-9-18(23)10-4-15/h3-10,14H,1-2,11-13H2. The Morgan fingerprint density at radius 2 is 1.64 bits per heavy atom. The SMILES string of the molecule is Fc1ccc(Cc2sc(-c3ccc(Cl)cc3)cc2N2CCCC2)cc1. The van der Waals surface area contributed by atoms with Crippen molar-refractivity contribution in [2.75, 3.05) is 18.0 Å². The van der Waals surface area contributed by atoms with E-state index < -0.39 is 0 Å². The molecule has 0 saturated carbocycles. The van der Waals surface area contributed by atoms with Crippen LogP contribution >= 0.6 is 22.9 Å². The highest BCUT2D eigenvalue weighted by Gasteiger charge is 2.19. The molecule has 1 aromatic heterocycles. The zero-order valence-electron chi connectivity index (χ0n) is 13.8. The van der Waals surface area contributed by atoms with Crippen molar-refractivity contribution in [2.24, 2.45) is 0 Å². The van der Waals surface area contributed by atoms with Crippen molar-refractivity contribution in [3.63, 3.8) is 0 Å². The fourth-order valence-electron chi connectivity index (χ4n) is 3.32. The van der Waals surface area contributed by atoms with Crippen LogP contribution in [0.15, 0.2) is 54.6 Å². The molecule has 25 heavy (non-hydrogen) atoms. The molecule has 0 amide bonds. The fraction of sp³-hybridized carbons (Fsp3) is 0.238. The van der Waals surface area contributed by atoms with E-state index in [4.69, 9.17) is 11.6 Å². The van der Waals surface area contributed by atoms with Gasteiger partial charge in [0.1, 0.15) is 5.82 Å². The maximum absolute atomic E-state index is 13.2. The summed E-state index contributed by atoms with van der Waals surface area (Å²) in [7, 11) is 0. The second kappa shape index (κ2) is 7.19. The first-order valence-electron chi connectivity index (χ1n) is 8.57. The van der Waals surface area contributed by atoms with E-state index in [1.807, 2.05) is 35.6 Å². The van der Waals surface area contributed by atoms with Gasteiger partial charge in [-0.05, 0) is 54.3 Å². The number of halogens is 2. The van der Waals surface area contributed by atoms with Crippen molar-refractivity contribution < 1.29 is 4.39 Å². The predicted octanol–water partition coefficient (Wildman–Crippen LogP) is 6.40. The van der Waals surface area contributed by atoms with Gasteiger partial charge in [0.2, 0.25) is 0 Å². The Bertz CT molecular complexity index is 849. The Balaban J connectivity index is 1.70. The molecule has 1 saturated heterocycles. The molecule has 1 nitrogen and oxygen atoms in total. The Morgan fingerprint density at radius 3 is 2.32 bits per heavy atom. The van der Waals surface area contributed by atoms with Crippen LogP contribution in [0.2, 0.25) is 5.02 Å². The Hall–Kier alpha value is -1.84. The molecule has 0 aliphatic carbocycles. The minimum Gasteiger partial charge on any atom is -0.371 e. The van der Waals surface area contributed by atoms with Gasteiger partial charge in [0.15, 0.2) is 0 Å². The van der Waals surface area contributed by atoms with E-state index in [0.717, 1.165) is 30.1 Å². The van der Waals surface area contributed by atoms with Gasteiger partial charge in [0.25, 0.3) is 0 Å². The average molecular weight is 372 g/mol. The third-order valence-corrected chi connectivity index (χ3v) is 6.07. The summed E-state index contributed by atoms with van der Waals surface area (Å²) in [6, 6.07) is 17.2. The normalized spacial score (nSPS) is 14.2. The van der Waals surface area contributed by atoms with Crippen LogP contribution in [0.1, 0.15) is 23.3 Å². The zero-order chi connectivity index (χ0) is 17.2. The van der Waals surface area contributed by atoms with Gasteiger partial charge in [-0.15, -0.1) is 11.3 Å². The molecule has 1 aliphatic rings. The molecule has 4 heteroatoms. The van der Waals surface area contributed by atoms with Gasteiger partial charge < -0.3 is 4.90 Å². The van der Waals surface area contributed by atoms with E-state index in [-0.39, 0.29) is 5.82 Å². The molecular weight excluding hydrogens is 353 g/mol. The van der Waals surface area contributed by atoms with Crippen LogP contribution in [0.3, 0.4) is 0 Å². The Labute approximate surface area is 156 Å². The summed E-state index contributed by atoms with van der Waals surface area (Å²) in [6.07, 6.45) is 3.34. The van der Waals surface area contributed by atoms with Crippen molar-refractivity contribution in [3.05, 3.63) is 75.9 Å². The molecule has 2 heterocycles. The molecule has 2 aromatic carbocycles. The summed E-state index contributed by atoms with van der Waals surface area (Å²) in [5.41, 5.74) is 3.67. The van der Waals surface area contributed by atoms with Crippen LogP contribution in [0.4, 0.5) is 10.1 Å². The lowest BCUT2D eigenvalue weighted by Crippen LogP contribution is -2.18. The van der Waals surface area contributed by atoms with Gasteiger partial charge in [-0.25, -0.2) is 4.39 Å². The van der Waals surface area contributed by atoms with Gasteiger partial charge >= 0.3 is 0 Å². The van der Waals surface area contributed by atoms with Crippen LogP contribution < -0.4 is 4.90 Å². The largest absolute Gasteiger partial charge is 0.371 e. The quantitative estimate of drug-likeness (QED) is 0.513. The van der Waals surface area contributed by atoms with Crippen LogP contribution in [-0.4, -0.2) is 13.1 Å². The molecule has 3 aromatic rings. The lowest BCUT2D eigenvalue weighted by Gasteiger charge is -2.18. The van der Waals surface area contributed by atoms with E-state index in [9.17, 15) is 4.39 Å². The molecule has 0 unspecified atom stereocenters. The van der Waals surface area contributed by atoms with E-state index in [2.05, 4.69) is 23.1 Å². The van der Waals surface area contributed by atoms with E-state index in [1.54, 1.807) is 12.1 Å². The lowest BCUT2D eigenvalue weighted by molar-refractivity contribution is 0.627. The molecule has 128 valence electrons. The van der Waals surface area contributed by atoms with Gasteiger partial charge in [-0.3, -0.25) is 0 Å². The second-order valence-electron chi connectivity index (χ2n) is 6.42. The maximum Gasteiger partial charge on any atom is 0.123 e. The topological polar surface area (TPSA) is 3.24 Å². The molecule has 1 aliphatic heterocycles. The molecular formula is C21H19ClFNS. The smallest absolute Gasteiger partial charge is 0.123 e. The highest BCUT2D eigenvalue weighted by molar-refractivity contribution is 7.16. The molecule has 0 N–H and O–H groups in total. The number of hydrogen-bond acceptors (Lipinski definition) is 2. The zero-order valence-corrected chi connectivity index (χ0v) is 15.4. The van der Waals surface area contributed by atoms with Gasteiger partial charge in [0.05, 0.1) is 5.69 Å². The minimum atomic E-state index is -0.184. The van der Waals surface area contributed by atoms with E-state index >= 15 is 0 Å². The number of thiophene rings is 1.